The number of likely N-dealkylation sites (N-methyl/N-ethyl adjacent to an activating group) is 1. The van der Waals surface area contributed by atoms with Gasteiger partial charge in [-0.1, -0.05) is 18.2 Å². The number of nitrogens with one attached hydrogen (secondary N) is 1. The summed E-state index contributed by atoms with van der Waals surface area (Å²) < 4.78 is 5.20. The van der Waals surface area contributed by atoms with Gasteiger partial charge in [-0.25, -0.2) is 0 Å². The molecule has 0 amide bonds. The molecule has 3 nitrogen and oxygen atoms in total. The van der Waals surface area contributed by atoms with Crippen molar-refractivity contribution < 1.29 is 4.74 Å². The number of para-hydroxylation sites is 1. The van der Waals surface area contributed by atoms with Crippen molar-refractivity contribution in [3.8, 4) is 0 Å². The fourth-order valence-electron chi connectivity index (χ4n) is 2.56. The topological polar surface area (TPSA) is 24.5 Å². The van der Waals surface area contributed by atoms with E-state index in [0.29, 0.717) is 12.0 Å². The lowest BCUT2D eigenvalue weighted by Crippen LogP contribution is -2.34. The van der Waals surface area contributed by atoms with Gasteiger partial charge in [0, 0.05) is 31.3 Å². The summed E-state index contributed by atoms with van der Waals surface area (Å²) in [4.78, 5) is 2.38. The molecule has 1 N–H and O–H groups in total. The van der Waals surface area contributed by atoms with E-state index in [0.717, 1.165) is 19.7 Å². The number of fused-ring (bicyclic) bond motifs is 1. The minimum absolute atomic E-state index is 0.486. The van der Waals surface area contributed by atoms with Gasteiger partial charge >= 0.3 is 0 Å². The van der Waals surface area contributed by atoms with Gasteiger partial charge in [0.2, 0.25) is 0 Å². The highest BCUT2D eigenvalue weighted by Crippen LogP contribution is 2.33. The van der Waals surface area contributed by atoms with Gasteiger partial charge in [0.05, 0.1) is 6.61 Å². The third-order valence-corrected chi connectivity index (χ3v) is 3.93. The van der Waals surface area contributed by atoms with Crippen LogP contribution in [0.2, 0.25) is 0 Å². The summed E-state index contributed by atoms with van der Waals surface area (Å²) >= 11 is 0. The highest BCUT2D eigenvalue weighted by Gasteiger charge is 2.22. The molecule has 0 radical (unpaired) electrons. The Morgan fingerprint density at radius 2 is 2.22 bits per heavy atom. The van der Waals surface area contributed by atoms with Gasteiger partial charge in [-0.2, -0.15) is 0 Å². The molecular formula is C15H24N2O. The largest absolute Gasteiger partial charge is 0.384 e. The van der Waals surface area contributed by atoms with Crippen molar-refractivity contribution in [3.05, 3.63) is 29.8 Å². The molecule has 1 aromatic rings. The van der Waals surface area contributed by atoms with E-state index in [1.165, 1.54) is 17.7 Å². The number of hydrogen-bond acceptors (Lipinski definition) is 3. The molecule has 0 saturated carbocycles. The molecule has 0 aromatic heterocycles. The highest BCUT2D eigenvalue weighted by molar-refractivity contribution is 5.57. The van der Waals surface area contributed by atoms with Crippen LogP contribution in [0, 0.1) is 0 Å². The number of anilines is 1. The van der Waals surface area contributed by atoms with E-state index in [1.54, 1.807) is 7.11 Å². The summed E-state index contributed by atoms with van der Waals surface area (Å²) in [7, 11) is 3.94. The lowest BCUT2D eigenvalue weighted by Gasteiger charge is -2.25. The van der Waals surface area contributed by atoms with E-state index in [4.69, 9.17) is 4.74 Å². The van der Waals surface area contributed by atoms with Crippen LogP contribution in [0.15, 0.2) is 24.3 Å². The number of benzene rings is 1. The number of methoxy groups -OCH3 is 1. The van der Waals surface area contributed by atoms with E-state index in [1.807, 2.05) is 0 Å². The zero-order chi connectivity index (χ0) is 13.0. The van der Waals surface area contributed by atoms with E-state index in [9.17, 15) is 0 Å². The number of rotatable bonds is 6. The van der Waals surface area contributed by atoms with Crippen LogP contribution in [0.3, 0.4) is 0 Å². The molecule has 1 aliphatic rings. The fourth-order valence-corrected chi connectivity index (χ4v) is 2.56. The molecule has 0 spiro atoms. The third kappa shape index (κ3) is 3.03. The number of hydrogen-bond donors (Lipinski definition) is 1. The number of ether oxygens (including phenoxy) is 1. The summed E-state index contributed by atoms with van der Waals surface area (Å²) in [6.07, 6.45) is 1.20. The fraction of sp³-hybridized carbons (Fsp3) is 0.600. The first-order chi connectivity index (χ1) is 8.72. The Morgan fingerprint density at radius 3 is 3.00 bits per heavy atom. The first-order valence-electron chi connectivity index (χ1n) is 6.74. The third-order valence-electron chi connectivity index (χ3n) is 3.93. The monoisotopic (exact) mass is 248 g/mol. The normalized spacial score (nSPS) is 19.7. The van der Waals surface area contributed by atoms with Gasteiger partial charge in [0.15, 0.2) is 0 Å². The highest BCUT2D eigenvalue weighted by atomic mass is 16.5. The van der Waals surface area contributed by atoms with Crippen LogP contribution in [0.4, 0.5) is 5.69 Å². The SMILES string of the molecule is COCC(C)N(C)CCC1CNc2ccccc21. The van der Waals surface area contributed by atoms with Crippen molar-refractivity contribution in [3.63, 3.8) is 0 Å². The van der Waals surface area contributed by atoms with Crippen LogP contribution in [-0.4, -0.2) is 44.8 Å². The second kappa shape index (κ2) is 6.21. The molecule has 2 rings (SSSR count). The summed E-state index contributed by atoms with van der Waals surface area (Å²) in [5, 5.41) is 3.49. The molecule has 0 fully saturated rings. The summed E-state index contributed by atoms with van der Waals surface area (Å²) in [5.41, 5.74) is 2.79. The van der Waals surface area contributed by atoms with Crippen molar-refractivity contribution in [2.24, 2.45) is 0 Å². The summed E-state index contributed by atoms with van der Waals surface area (Å²) in [6, 6.07) is 9.14. The van der Waals surface area contributed by atoms with Gasteiger partial charge in [-0.3, -0.25) is 0 Å². The molecule has 18 heavy (non-hydrogen) atoms. The van der Waals surface area contributed by atoms with Gasteiger partial charge < -0.3 is 15.0 Å². The van der Waals surface area contributed by atoms with Crippen LogP contribution in [0.1, 0.15) is 24.8 Å². The quantitative estimate of drug-likeness (QED) is 0.837. The van der Waals surface area contributed by atoms with Crippen LogP contribution in [-0.2, 0) is 4.74 Å². The lowest BCUT2D eigenvalue weighted by atomic mass is 9.97. The van der Waals surface area contributed by atoms with Crippen LogP contribution in [0.25, 0.3) is 0 Å². The van der Waals surface area contributed by atoms with E-state index >= 15 is 0 Å². The molecule has 1 aromatic carbocycles. The maximum Gasteiger partial charge on any atom is 0.0615 e. The predicted molar refractivity (Wildman–Crippen MR) is 76.3 cm³/mol. The van der Waals surface area contributed by atoms with E-state index < -0.39 is 0 Å². The average Bonchev–Trinajstić information content (AvgIpc) is 2.79. The molecule has 3 heteroatoms. The van der Waals surface area contributed by atoms with E-state index in [-0.39, 0.29) is 0 Å². The molecule has 100 valence electrons. The minimum atomic E-state index is 0.486. The summed E-state index contributed by atoms with van der Waals surface area (Å²) in [5.74, 6) is 0.651. The van der Waals surface area contributed by atoms with Crippen molar-refractivity contribution >= 4 is 5.69 Å². The molecule has 1 aliphatic heterocycles. The van der Waals surface area contributed by atoms with Crippen LogP contribution < -0.4 is 5.32 Å². The molecule has 1 heterocycles. The molecular weight excluding hydrogens is 224 g/mol. The van der Waals surface area contributed by atoms with Gasteiger partial charge in [0.25, 0.3) is 0 Å². The standard InChI is InChI=1S/C15H24N2O/c1-12(11-18-3)17(2)9-8-13-10-16-15-7-5-4-6-14(13)15/h4-7,12-13,16H,8-11H2,1-3H3. The maximum atomic E-state index is 5.20. The Morgan fingerprint density at radius 1 is 1.44 bits per heavy atom. The smallest absolute Gasteiger partial charge is 0.0615 e. The minimum Gasteiger partial charge on any atom is -0.384 e. The van der Waals surface area contributed by atoms with E-state index in [2.05, 4.69) is 48.5 Å². The molecule has 2 unspecified atom stereocenters. The van der Waals surface area contributed by atoms with Gasteiger partial charge in [0.1, 0.15) is 0 Å². The van der Waals surface area contributed by atoms with Crippen LogP contribution >= 0.6 is 0 Å². The Bertz CT molecular complexity index is 381. The molecule has 2 atom stereocenters. The Hall–Kier alpha value is -1.06. The second-order valence-corrected chi connectivity index (χ2v) is 5.24. The zero-order valence-electron chi connectivity index (χ0n) is 11.6. The van der Waals surface area contributed by atoms with Gasteiger partial charge in [-0.05, 0) is 38.6 Å². The van der Waals surface area contributed by atoms with Crippen molar-refractivity contribution in [2.75, 3.05) is 39.2 Å². The molecule has 0 aliphatic carbocycles. The van der Waals surface area contributed by atoms with Gasteiger partial charge in [-0.15, -0.1) is 0 Å². The average molecular weight is 248 g/mol. The summed E-state index contributed by atoms with van der Waals surface area (Å²) in [6.45, 7) is 5.21. The molecule has 0 bridgehead atoms. The second-order valence-electron chi connectivity index (χ2n) is 5.24. The lowest BCUT2D eigenvalue weighted by molar-refractivity contribution is 0.114. The Labute approximate surface area is 110 Å². The molecule has 0 saturated heterocycles. The first-order valence-corrected chi connectivity index (χ1v) is 6.74. The zero-order valence-corrected chi connectivity index (χ0v) is 11.6. The Balaban J connectivity index is 1.85. The predicted octanol–water partition coefficient (Wildman–Crippen LogP) is 2.55. The first kappa shape index (κ1) is 13.4. The maximum absolute atomic E-state index is 5.20. The van der Waals surface area contributed by atoms with Crippen molar-refractivity contribution in [1.29, 1.82) is 0 Å². The number of nitrogens with zero attached hydrogens (tertiary/aromatic N) is 1. The Kier molecular flexibility index (Phi) is 4.61. The van der Waals surface area contributed by atoms with Crippen molar-refractivity contribution in [2.45, 2.75) is 25.3 Å². The van der Waals surface area contributed by atoms with Crippen LogP contribution in [0.5, 0.6) is 0 Å². The van der Waals surface area contributed by atoms with Crippen molar-refractivity contribution in [1.82, 2.24) is 4.90 Å².